The van der Waals surface area contributed by atoms with Gasteiger partial charge < -0.3 is 15.4 Å². The minimum atomic E-state index is -4.03. The molecule has 1 fully saturated rings. The van der Waals surface area contributed by atoms with Gasteiger partial charge in [-0.3, -0.25) is 9.10 Å². The van der Waals surface area contributed by atoms with E-state index in [1.807, 2.05) is 54.6 Å². The zero-order chi connectivity index (χ0) is 27.8. The van der Waals surface area contributed by atoms with E-state index >= 15 is 0 Å². The lowest BCUT2D eigenvalue weighted by atomic mass is 9.74. The number of sulfonamides is 2. The zero-order valence-electron chi connectivity index (χ0n) is 22.0. The fourth-order valence-electron chi connectivity index (χ4n) is 5.05. The standard InChI is InChI=1S/C26H36N4O6S2/c1-25(2,27)38(34,35)28-22(18-36-17-20-9-5-4-6-10-20)24(31)29-15-13-26(14-16-29)19-30(37(3,32)33)23-12-8-7-11-21(23)26/h4-12,22,28H,13-19,27H2,1-3H3. The van der Waals surface area contributed by atoms with Gasteiger partial charge in [0.2, 0.25) is 26.0 Å². The number of hydrogen-bond acceptors (Lipinski definition) is 7. The highest BCUT2D eigenvalue weighted by Gasteiger charge is 2.48. The molecule has 1 atom stereocenters. The highest BCUT2D eigenvalue weighted by Crippen LogP contribution is 2.47. The summed E-state index contributed by atoms with van der Waals surface area (Å²) >= 11 is 0. The number of benzene rings is 2. The van der Waals surface area contributed by atoms with Crippen LogP contribution in [0, 0.1) is 0 Å². The van der Waals surface area contributed by atoms with Gasteiger partial charge in [0, 0.05) is 25.0 Å². The molecule has 0 saturated carbocycles. The van der Waals surface area contributed by atoms with Gasteiger partial charge in [-0.05, 0) is 43.9 Å². The summed E-state index contributed by atoms with van der Waals surface area (Å²) in [4.78, 5) is 13.6. The van der Waals surface area contributed by atoms with Gasteiger partial charge in [-0.1, -0.05) is 48.5 Å². The van der Waals surface area contributed by atoms with Crippen LogP contribution in [0.25, 0.3) is 0 Å². The van der Waals surface area contributed by atoms with E-state index in [0.717, 1.165) is 11.1 Å². The Bertz CT molecular complexity index is 1370. The number of carbonyl (C=O) groups excluding carboxylic acids is 1. The maximum absolute atomic E-state index is 13.6. The second kappa shape index (κ2) is 10.6. The number of piperidine rings is 1. The molecule has 12 heteroatoms. The maximum Gasteiger partial charge on any atom is 0.243 e. The van der Waals surface area contributed by atoms with E-state index in [1.165, 1.54) is 24.4 Å². The number of nitrogens with two attached hydrogens (primary N) is 1. The molecule has 38 heavy (non-hydrogen) atoms. The van der Waals surface area contributed by atoms with Crippen LogP contribution in [0.5, 0.6) is 0 Å². The molecule has 0 aromatic heterocycles. The molecule has 2 aromatic rings. The third kappa shape index (κ3) is 5.89. The normalized spacial score (nSPS) is 18.4. The molecule has 10 nitrogen and oxygen atoms in total. The van der Waals surface area contributed by atoms with Gasteiger partial charge in [0.25, 0.3) is 0 Å². The van der Waals surface area contributed by atoms with Gasteiger partial charge in [-0.15, -0.1) is 0 Å². The maximum atomic E-state index is 13.6. The average molecular weight is 565 g/mol. The second-order valence-corrected chi connectivity index (χ2v) is 14.9. The lowest BCUT2D eigenvalue weighted by Crippen LogP contribution is -2.58. The van der Waals surface area contributed by atoms with Crippen molar-refractivity contribution in [2.45, 2.75) is 49.6 Å². The molecule has 1 amide bonds. The van der Waals surface area contributed by atoms with Crippen LogP contribution in [0.1, 0.15) is 37.8 Å². The van der Waals surface area contributed by atoms with E-state index in [-0.39, 0.29) is 13.2 Å². The molecule has 1 spiro atoms. The minimum Gasteiger partial charge on any atom is -0.375 e. The molecule has 1 saturated heterocycles. The lowest BCUT2D eigenvalue weighted by molar-refractivity contribution is -0.136. The van der Waals surface area contributed by atoms with Crippen LogP contribution in [0.2, 0.25) is 0 Å². The number of ether oxygens (including phenoxy) is 1. The van der Waals surface area contributed by atoms with Crippen molar-refractivity contribution in [2.24, 2.45) is 5.73 Å². The number of rotatable bonds is 9. The van der Waals surface area contributed by atoms with Crippen molar-refractivity contribution in [1.29, 1.82) is 0 Å². The van der Waals surface area contributed by atoms with Crippen molar-refractivity contribution in [3.05, 3.63) is 65.7 Å². The number of amides is 1. The van der Waals surface area contributed by atoms with E-state index in [9.17, 15) is 21.6 Å². The molecule has 2 aromatic carbocycles. The fourth-order valence-corrected chi connectivity index (χ4v) is 6.89. The fraction of sp³-hybridized carbons (Fsp3) is 0.500. The lowest BCUT2D eigenvalue weighted by Gasteiger charge is -2.41. The Hall–Kier alpha value is -2.51. The van der Waals surface area contributed by atoms with Gasteiger partial charge in [0.05, 0.1) is 25.2 Å². The molecule has 3 N–H and O–H groups in total. The Morgan fingerprint density at radius 2 is 1.66 bits per heavy atom. The Labute approximate surface area is 225 Å². The summed E-state index contributed by atoms with van der Waals surface area (Å²) in [6, 6.07) is 15.7. The Balaban J connectivity index is 1.49. The molecular formula is C26H36N4O6S2. The van der Waals surface area contributed by atoms with Crippen molar-refractivity contribution in [3.8, 4) is 0 Å². The number of para-hydroxylation sites is 1. The van der Waals surface area contributed by atoms with E-state index in [0.29, 0.717) is 38.2 Å². The molecule has 0 bridgehead atoms. The summed E-state index contributed by atoms with van der Waals surface area (Å²) in [5.41, 5.74) is 8.00. The number of anilines is 1. The first-order valence-corrected chi connectivity index (χ1v) is 15.9. The molecule has 4 rings (SSSR count). The molecule has 208 valence electrons. The molecular weight excluding hydrogens is 528 g/mol. The van der Waals surface area contributed by atoms with Crippen molar-refractivity contribution in [1.82, 2.24) is 9.62 Å². The predicted molar refractivity (Wildman–Crippen MR) is 146 cm³/mol. The molecule has 0 radical (unpaired) electrons. The predicted octanol–water partition coefficient (Wildman–Crippen LogP) is 1.53. The van der Waals surface area contributed by atoms with E-state index in [2.05, 4.69) is 4.72 Å². The van der Waals surface area contributed by atoms with Gasteiger partial charge in [0.15, 0.2) is 0 Å². The van der Waals surface area contributed by atoms with Gasteiger partial charge in [-0.2, -0.15) is 4.72 Å². The molecule has 1 unspecified atom stereocenters. The highest BCUT2D eigenvalue weighted by molar-refractivity contribution is 7.92. The molecule has 2 heterocycles. The summed E-state index contributed by atoms with van der Waals surface area (Å²) in [5, 5.41) is 0. The summed E-state index contributed by atoms with van der Waals surface area (Å²) < 4.78 is 60.3. The first kappa shape index (κ1) is 28.5. The Morgan fingerprint density at radius 1 is 1.05 bits per heavy atom. The van der Waals surface area contributed by atoms with Crippen molar-refractivity contribution in [3.63, 3.8) is 0 Å². The van der Waals surface area contributed by atoms with Crippen LogP contribution in [-0.2, 0) is 41.6 Å². The SMILES string of the molecule is CC(C)(N)S(=O)(=O)NC(COCc1ccccc1)C(=O)N1CCC2(CC1)CN(S(C)(=O)=O)c1ccccc12. The van der Waals surface area contributed by atoms with E-state index in [4.69, 9.17) is 10.5 Å². The largest absolute Gasteiger partial charge is 0.375 e. The monoisotopic (exact) mass is 564 g/mol. The summed E-state index contributed by atoms with van der Waals surface area (Å²) in [6.07, 6.45) is 2.30. The smallest absolute Gasteiger partial charge is 0.243 e. The number of nitrogens with one attached hydrogen (secondary N) is 1. The first-order chi connectivity index (χ1) is 17.7. The average Bonchev–Trinajstić information content (AvgIpc) is 3.18. The zero-order valence-corrected chi connectivity index (χ0v) is 23.6. The van der Waals surface area contributed by atoms with Crippen LogP contribution in [0.3, 0.4) is 0 Å². The van der Waals surface area contributed by atoms with Crippen molar-refractivity contribution in [2.75, 3.05) is 36.8 Å². The Kier molecular flexibility index (Phi) is 7.93. The summed E-state index contributed by atoms with van der Waals surface area (Å²) in [5.74, 6) is -0.396. The number of nitrogens with zero attached hydrogens (tertiary/aromatic N) is 2. The second-order valence-electron chi connectivity index (χ2n) is 10.7. The van der Waals surface area contributed by atoms with Crippen LogP contribution in [0.15, 0.2) is 54.6 Å². The highest BCUT2D eigenvalue weighted by atomic mass is 32.2. The number of likely N-dealkylation sites (tertiary alicyclic amines) is 1. The van der Waals surface area contributed by atoms with Gasteiger partial charge in [0.1, 0.15) is 10.9 Å². The molecule has 2 aliphatic heterocycles. The van der Waals surface area contributed by atoms with Crippen molar-refractivity contribution < 1.29 is 26.4 Å². The van der Waals surface area contributed by atoms with Crippen LogP contribution in [0.4, 0.5) is 5.69 Å². The number of hydrogen-bond donors (Lipinski definition) is 2. The first-order valence-electron chi connectivity index (χ1n) is 12.5. The number of carbonyl (C=O) groups is 1. The summed E-state index contributed by atoms with van der Waals surface area (Å²) in [6.45, 7) is 3.82. The van der Waals surface area contributed by atoms with Gasteiger partial charge >= 0.3 is 0 Å². The number of fused-ring (bicyclic) bond motifs is 2. The van der Waals surface area contributed by atoms with Crippen molar-refractivity contribution >= 4 is 31.6 Å². The molecule has 0 aliphatic carbocycles. The third-order valence-corrected chi connectivity index (χ3v) is 10.4. The van der Waals surface area contributed by atoms with E-state index in [1.54, 1.807) is 4.90 Å². The molecule has 2 aliphatic rings. The van der Waals surface area contributed by atoms with Crippen LogP contribution in [-0.4, -0.2) is 71.1 Å². The van der Waals surface area contributed by atoms with Gasteiger partial charge in [-0.25, -0.2) is 16.8 Å². The van der Waals surface area contributed by atoms with Crippen LogP contribution >= 0.6 is 0 Å². The minimum absolute atomic E-state index is 0.157. The topological polar surface area (TPSA) is 139 Å². The Morgan fingerprint density at radius 3 is 2.26 bits per heavy atom. The quantitative estimate of drug-likeness (QED) is 0.471. The third-order valence-electron chi connectivity index (χ3n) is 7.31. The van der Waals surface area contributed by atoms with Crippen LogP contribution < -0.4 is 14.8 Å². The van der Waals surface area contributed by atoms with E-state index < -0.39 is 42.3 Å². The summed E-state index contributed by atoms with van der Waals surface area (Å²) in [7, 11) is -7.49.